The summed E-state index contributed by atoms with van der Waals surface area (Å²) in [5.41, 5.74) is 3.24. The molecule has 1 aliphatic rings. The van der Waals surface area contributed by atoms with Gasteiger partial charge in [0.1, 0.15) is 5.00 Å². The van der Waals surface area contributed by atoms with Gasteiger partial charge in [0.2, 0.25) is 0 Å². The van der Waals surface area contributed by atoms with Gasteiger partial charge in [0, 0.05) is 35.4 Å². The Morgan fingerprint density at radius 2 is 1.89 bits per heavy atom. The number of hydrogen-bond donors (Lipinski definition) is 2. The first-order chi connectivity index (χ1) is 18.1. The summed E-state index contributed by atoms with van der Waals surface area (Å²) < 4.78 is 16.1. The van der Waals surface area contributed by atoms with Gasteiger partial charge in [-0.3, -0.25) is 14.6 Å². The van der Waals surface area contributed by atoms with Crippen molar-refractivity contribution in [1.29, 1.82) is 0 Å². The van der Waals surface area contributed by atoms with Crippen molar-refractivity contribution in [3.8, 4) is 22.8 Å². The molecule has 0 unspecified atom stereocenters. The maximum Gasteiger partial charge on any atom is 0.278 e. The highest BCUT2D eigenvalue weighted by molar-refractivity contribution is 7.17. The SMILES string of the molecule is COc1ccc(-c2cc(C(=O)Nc3sc4c(c3C(=O)NCc3cccnc3)CCCC4)no2)cc1OC. The van der Waals surface area contributed by atoms with Crippen LogP contribution in [0.5, 0.6) is 11.5 Å². The number of hydrogen-bond acceptors (Lipinski definition) is 8. The first-order valence-electron chi connectivity index (χ1n) is 11.9. The second-order valence-corrected chi connectivity index (χ2v) is 9.66. The zero-order valence-electron chi connectivity index (χ0n) is 20.5. The molecule has 4 aromatic rings. The molecule has 1 aromatic carbocycles. The van der Waals surface area contributed by atoms with E-state index in [2.05, 4.69) is 20.8 Å². The van der Waals surface area contributed by atoms with E-state index in [1.54, 1.807) is 50.9 Å². The summed E-state index contributed by atoms with van der Waals surface area (Å²) in [5.74, 6) is 0.861. The highest BCUT2D eigenvalue weighted by Crippen LogP contribution is 2.38. The summed E-state index contributed by atoms with van der Waals surface area (Å²) in [6.45, 7) is 0.350. The minimum atomic E-state index is -0.449. The third-order valence-corrected chi connectivity index (χ3v) is 7.42. The molecule has 190 valence electrons. The maximum absolute atomic E-state index is 13.3. The molecule has 2 N–H and O–H groups in total. The van der Waals surface area contributed by atoms with Gasteiger partial charge in [-0.2, -0.15) is 0 Å². The molecule has 0 saturated heterocycles. The molecule has 3 aromatic heterocycles. The summed E-state index contributed by atoms with van der Waals surface area (Å²) in [5, 5.41) is 10.4. The van der Waals surface area contributed by atoms with Crippen molar-refractivity contribution >= 4 is 28.2 Å². The lowest BCUT2D eigenvalue weighted by molar-refractivity contribution is 0.0951. The van der Waals surface area contributed by atoms with Crippen LogP contribution in [0.1, 0.15) is 49.7 Å². The van der Waals surface area contributed by atoms with Crippen LogP contribution in [0.15, 0.2) is 53.3 Å². The number of nitrogens with zero attached hydrogens (tertiary/aromatic N) is 2. The second kappa shape index (κ2) is 10.8. The van der Waals surface area contributed by atoms with Gasteiger partial charge in [-0.25, -0.2) is 0 Å². The number of aryl methyl sites for hydroxylation is 1. The zero-order valence-corrected chi connectivity index (χ0v) is 21.3. The fourth-order valence-electron chi connectivity index (χ4n) is 4.34. The van der Waals surface area contributed by atoms with E-state index in [0.717, 1.165) is 41.7 Å². The normalized spacial score (nSPS) is 12.5. The van der Waals surface area contributed by atoms with E-state index in [0.29, 0.717) is 39.9 Å². The van der Waals surface area contributed by atoms with Crippen LogP contribution in [-0.2, 0) is 19.4 Å². The second-order valence-electron chi connectivity index (χ2n) is 8.56. The van der Waals surface area contributed by atoms with Crippen LogP contribution in [0.3, 0.4) is 0 Å². The predicted octanol–water partition coefficient (Wildman–Crippen LogP) is 4.88. The zero-order chi connectivity index (χ0) is 25.8. The van der Waals surface area contributed by atoms with E-state index < -0.39 is 5.91 Å². The number of fused-ring (bicyclic) bond motifs is 1. The molecule has 0 atom stereocenters. The Morgan fingerprint density at radius 3 is 2.68 bits per heavy atom. The fourth-order valence-corrected chi connectivity index (χ4v) is 5.62. The maximum atomic E-state index is 13.3. The van der Waals surface area contributed by atoms with Crippen molar-refractivity contribution in [3.05, 3.63) is 76.1 Å². The molecule has 0 spiro atoms. The smallest absolute Gasteiger partial charge is 0.278 e. The number of anilines is 1. The Balaban J connectivity index is 1.37. The number of benzene rings is 1. The number of amides is 2. The molecule has 0 fully saturated rings. The molecule has 0 bridgehead atoms. The lowest BCUT2D eigenvalue weighted by atomic mass is 9.95. The quantitative estimate of drug-likeness (QED) is 0.342. The summed E-state index contributed by atoms with van der Waals surface area (Å²) in [6, 6.07) is 10.6. The molecular formula is C27H26N4O5S. The van der Waals surface area contributed by atoms with Crippen LogP contribution in [0.4, 0.5) is 5.00 Å². The van der Waals surface area contributed by atoms with E-state index in [9.17, 15) is 9.59 Å². The molecule has 10 heteroatoms. The predicted molar refractivity (Wildman–Crippen MR) is 139 cm³/mol. The summed E-state index contributed by atoms with van der Waals surface area (Å²) in [6.07, 6.45) is 7.19. The van der Waals surface area contributed by atoms with E-state index in [4.69, 9.17) is 14.0 Å². The summed E-state index contributed by atoms with van der Waals surface area (Å²) in [7, 11) is 3.11. The topological polar surface area (TPSA) is 116 Å². The molecule has 0 saturated carbocycles. The van der Waals surface area contributed by atoms with Crippen molar-refractivity contribution in [2.75, 3.05) is 19.5 Å². The number of ether oxygens (including phenoxy) is 2. The van der Waals surface area contributed by atoms with Crippen LogP contribution in [0, 0.1) is 0 Å². The number of thiophene rings is 1. The van der Waals surface area contributed by atoms with Crippen LogP contribution in [0.2, 0.25) is 0 Å². The number of carbonyl (C=O) groups is 2. The van der Waals surface area contributed by atoms with Gasteiger partial charge in [0.15, 0.2) is 23.0 Å². The van der Waals surface area contributed by atoms with Crippen LogP contribution in [-0.4, -0.2) is 36.2 Å². The minimum Gasteiger partial charge on any atom is -0.493 e. The van der Waals surface area contributed by atoms with E-state index in [1.807, 2.05) is 12.1 Å². The molecule has 3 heterocycles. The molecule has 37 heavy (non-hydrogen) atoms. The first kappa shape index (κ1) is 24.5. The van der Waals surface area contributed by atoms with Crippen molar-refractivity contribution in [1.82, 2.24) is 15.5 Å². The minimum absolute atomic E-state index is 0.109. The van der Waals surface area contributed by atoms with Crippen LogP contribution in [0.25, 0.3) is 11.3 Å². The van der Waals surface area contributed by atoms with Gasteiger partial charge in [-0.1, -0.05) is 11.2 Å². The van der Waals surface area contributed by atoms with Crippen molar-refractivity contribution in [2.45, 2.75) is 32.2 Å². The Bertz CT molecular complexity index is 1430. The molecule has 1 aliphatic carbocycles. The summed E-state index contributed by atoms with van der Waals surface area (Å²) >= 11 is 1.45. The third kappa shape index (κ3) is 5.19. The van der Waals surface area contributed by atoms with Crippen molar-refractivity contribution in [2.24, 2.45) is 0 Å². The molecule has 0 aliphatic heterocycles. The van der Waals surface area contributed by atoms with Crippen LogP contribution < -0.4 is 20.1 Å². The number of methoxy groups -OCH3 is 2. The largest absolute Gasteiger partial charge is 0.493 e. The number of aromatic nitrogens is 2. The third-order valence-electron chi connectivity index (χ3n) is 6.21. The number of carbonyl (C=O) groups excluding carboxylic acids is 2. The molecule has 2 amide bonds. The summed E-state index contributed by atoms with van der Waals surface area (Å²) in [4.78, 5) is 31.6. The Morgan fingerprint density at radius 1 is 1.05 bits per heavy atom. The molecule has 0 radical (unpaired) electrons. The first-order valence-corrected chi connectivity index (χ1v) is 12.7. The van der Waals surface area contributed by atoms with Gasteiger partial charge < -0.3 is 24.6 Å². The van der Waals surface area contributed by atoms with E-state index >= 15 is 0 Å². The fraction of sp³-hybridized carbons (Fsp3) is 0.259. The van der Waals surface area contributed by atoms with E-state index in [1.165, 1.54) is 11.3 Å². The monoisotopic (exact) mass is 518 g/mol. The van der Waals surface area contributed by atoms with Gasteiger partial charge in [0.05, 0.1) is 19.8 Å². The van der Waals surface area contributed by atoms with Gasteiger partial charge >= 0.3 is 0 Å². The number of pyridine rings is 1. The van der Waals surface area contributed by atoms with Crippen molar-refractivity contribution < 1.29 is 23.6 Å². The molecule has 9 nitrogen and oxygen atoms in total. The van der Waals surface area contributed by atoms with Gasteiger partial charge in [-0.05, 0) is 61.1 Å². The lowest BCUT2D eigenvalue weighted by Gasteiger charge is -2.13. The Kier molecular flexibility index (Phi) is 7.18. The van der Waals surface area contributed by atoms with E-state index in [-0.39, 0.29) is 11.6 Å². The molecule has 5 rings (SSSR count). The molecular weight excluding hydrogens is 492 g/mol. The highest BCUT2D eigenvalue weighted by Gasteiger charge is 2.27. The van der Waals surface area contributed by atoms with Gasteiger partial charge in [0.25, 0.3) is 11.8 Å². The van der Waals surface area contributed by atoms with Gasteiger partial charge in [-0.15, -0.1) is 11.3 Å². The number of rotatable bonds is 8. The Hall–Kier alpha value is -4.18. The van der Waals surface area contributed by atoms with Crippen LogP contribution >= 0.6 is 11.3 Å². The number of nitrogens with one attached hydrogen (secondary N) is 2. The average Bonchev–Trinajstić information content (AvgIpc) is 3.57. The van der Waals surface area contributed by atoms with Crippen molar-refractivity contribution in [3.63, 3.8) is 0 Å². The Labute approximate surface area is 217 Å². The average molecular weight is 519 g/mol. The highest BCUT2D eigenvalue weighted by atomic mass is 32.1. The lowest BCUT2D eigenvalue weighted by Crippen LogP contribution is -2.25. The standard InChI is InChI=1S/C27H26N4O5S/c1-34-20-10-9-17(12-22(20)35-2)21-13-19(31-36-21)25(32)30-27-24(18-7-3-4-8-23(18)37-27)26(33)29-15-16-6-5-11-28-14-16/h5-6,9-14H,3-4,7-8,15H2,1-2H3,(H,29,33)(H,30,32).